The summed E-state index contributed by atoms with van der Waals surface area (Å²) in [6.45, 7) is 3.38. The van der Waals surface area contributed by atoms with Gasteiger partial charge in [0.05, 0.1) is 4.47 Å². The van der Waals surface area contributed by atoms with Gasteiger partial charge in [0.2, 0.25) is 0 Å². The molecule has 0 aromatic carbocycles. The Morgan fingerprint density at radius 1 is 1.50 bits per heavy atom. The lowest BCUT2D eigenvalue weighted by atomic mass is 9.98. The molecule has 3 nitrogen and oxygen atoms in total. The molecule has 16 heavy (non-hydrogen) atoms. The van der Waals surface area contributed by atoms with Crippen molar-refractivity contribution in [3.8, 4) is 0 Å². The first-order valence-corrected chi connectivity index (χ1v) is 6.84. The van der Waals surface area contributed by atoms with Gasteiger partial charge >= 0.3 is 0 Å². The smallest absolute Gasteiger partial charge is 0.146 e. The van der Waals surface area contributed by atoms with E-state index in [4.69, 9.17) is 0 Å². The fraction of sp³-hybridized carbons (Fsp3) is 0.667. The molecular weight excluding hydrogens is 266 g/mol. The summed E-state index contributed by atoms with van der Waals surface area (Å²) in [5.41, 5.74) is 0. The number of rotatable bonds is 3. The molecule has 1 atom stereocenters. The molecule has 0 bridgehead atoms. The van der Waals surface area contributed by atoms with E-state index in [1.165, 1.54) is 32.1 Å². The third kappa shape index (κ3) is 2.54. The Morgan fingerprint density at radius 2 is 2.38 bits per heavy atom. The van der Waals surface area contributed by atoms with Gasteiger partial charge in [-0.1, -0.05) is 13.3 Å². The molecule has 1 unspecified atom stereocenters. The third-order valence-corrected chi connectivity index (χ3v) is 3.73. The van der Waals surface area contributed by atoms with E-state index in [0.29, 0.717) is 6.04 Å². The van der Waals surface area contributed by atoms with Crippen LogP contribution in [0.1, 0.15) is 39.0 Å². The maximum absolute atomic E-state index is 4.40. The van der Waals surface area contributed by atoms with Crippen LogP contribution < -0.4 is 4.90 Å². The van der Waals surface area contributed by atoms with Gasteiger partial charge in [0.15, 0.2) is 0 Å². The molecule has 1 aromatic heterocycles. The Kier molecular flexibility index (Phi) is 4.16. The highest BCUT2D eigenvalue weighted by Gasteiger charge is 2.24. The van der Waals surface area contributed by atoms with Gasteiger partial charge in [-0.2, -0.15) is 0 Å². The zero-order chi connectivity index (χ0) is 11.4. The molecule has 88 valence electrons. The van der Waals surface area contributed by atoms with Crippen LogP contribution in [-0.2, 0) is 0 Å². The minimum atomic E-state index is 0.657. The molecule has 1 aromatic rings. The molecule has 0 saturated carbocycles. The van der Waals surface area contributed by atoms with Crippen LogP contribution in [0.5, 0.6) is 0 Å². The molecule has 0 radical (unpaired) electrons. The normalized spacial score (nSPS) is 21.1. The number of anilines is 1. The van der Waals surface area contributed by atoms with Gasteiger partial charge in [-0.05, 0) is 41.6 Å². The van der Waals surface area contributed by atoms with Crippen molar-refractivity contribution in [3.63, 3.8) is 0 Å². The molecule has 2 heterocycles. The van der Waals surface area contributed by atoms with Crippen LogP contribution in [-0.4, -0.2) is 22.6 Å². The van der Waals surface area contributed by atoms with Crippen LogP contribution in [0.15, 0.2) is 17.0 Å². The summed E-state index contributed by atoms with van der Waals surface area (Å²) in [6, 6.07) is 0.657. The van der Waals surface area contributed by atoms with E-state index in [2.05, 4.69) is 37.7 Å². The van der Waals surface area contributed by atoms with E-state index >= 15 is 0 Å². The van der Waals surface area contributed by atoms with Crippen LogP contribution in [0.4, 0.5) is 5.82 Å². The lowest BCUT2D eigenvalue weighted by molar-refractivity contribution is 0.431. The minimum Gasteiger partial charge on any atom is -0.353 e. The van der Waals surface area contributed by atoms with Crippen LogP contribution in [0.3, 0.4) is 0 Å². The van der Waals surface area contributed by atoms with Crippen molar-refractivity contribution in [2.75, 3.05) is 11.4 Å². The maximum Gasteiger partial charge on any atom is 0.146 e. The van der Waals surface area contributed by atoms with Gasteiger partial charge in [0, 0.05) is 18.8 Å². The molecule has 1 aliphatic rings. The molecular formula is C12H18BrN3. The van der Waals surface area contributed by atoms with Gasteiger partial charge in [-0.3, -0.25) is 0 Å². The second-order valence-corrected chi connectivity index (χ2v) is 5.18. The monoisotopic (exact) mass is 283 g/mol. The maximum atomic E-state index is 4.40. The molecule has 4 heteroatoms. The number of aromatic nitrogens is 2. The van der Waals surface area contributed by atoms with Crippen molar-refractivity contribution in [1.82, 2.24) is 9.97 Å². The van der Waals surface area contributed by atoms with Gasteiger partial charge in [0.25, 0.3) is 0 Å². The standard InChI is InChI=1S/C12H18BrN3/c1-2-5-10-6-3-4-7-16(10)12-11(13)8-14-9-15-12/h8-10H,2-7H2,1H3. The quantitative estimate of drug-likeness (QED) is 0.851. The lowest BCUT2D eigenvalue weighted by Crippen LogP contribution is -2.40. The summed E-state index contributed by atoms with van der Waals surface area (Å²) in [5.74, 6) is 1.06. The van der Waals surface area contributed by atoms with Gasteiger partial charge < -0.3 is 4.90 Å². The zero-order valence-electron chi connectivity index (χ0n) is 9.69. The van der Waals surface area contributed by atoms with Crippen LogP contribution in [0.25, 0.3) is 0 Å². The van der Waals surface area contributed by atoms with E-state index in [0.717, 1.165) is 16.8 Å². The molecule has 1 fully saturated rings. The van der Waals surface area contributed by atoms with E-state index in [1.807, 2.05) is 6.20 Å². The number of hydrogen-bond donors (Lipinski definition) is 0. The fourth-order valence-electron chi connectivity index (χ4n) is 2.43. The second-order valence-electron chi connectivity index (χ2n) is 4.33. The highest BCUT2D eigenvalue weighted by molar-refractivity contribution is 9.10. The number of halogens is 1. The highest BCUT2D eigenvalue weighted by atomic mass is 79.9. The van der Waals surface area contributed by atoms with E-state index in [1.54, 1.807) is 6.33 Å². The molecule has 1 saturated heterocycles. The topological polar surface area (TPSA) is 29.0 Å². The van der Waals surface area contributed by atoms with E-state index in [9.17, 15) is 0 Å². The number of hydrogen-bond acceptors (Lipinski definition) is 3. The Hall–Kier alpha value is -0.640. The molecule has 0 aliphatic carbocycles. The van der Waals surface area contributed by atoms with Gasteiger partial charge in [-0.25, -0.2) is 9.97 Å². The largest absolute Gasteiger partial charge is 0.353 e. The number of nitrogens with zero attached hydrogens (tertiary/aromatic N) is 3. The summed E-state index contributed by atoms with van der Waals surface area (Å²) in [5, 5.41) is 0. The molecule has 2 rings (SSSR count). The highest BCUT2D eigenvalue weighted by Crippen LogP contribution is 2.30. The van der Waals surface area contributed by atoms with Crippen molar-refractivity contribution in [2.24, 2.45) is 0 Å². The molecule has 1 aliphatic heterocycles. The SMILES string of the molecule is CCCC1CCCCN1c1ncncc1Br. The molecule has 0 N–H and O–H groups in total. The first-order chi connectivity index (χ1) is 7.83. The van der Waals surface area contributed by atoms with Crippen molar-refractivity contribution >= 4 is 21.7 Å². The van der Waals surface area contributed by atoms with Crippen LogP contribution in [0, 0.1) is 0 Å². The summed E-state index contributed by atoms with van der Waals surface area (Å²) in [6.07, 6.45) is 9.89. The van der Waals surface area contributed by atoms with Crippen molar-refractivity contribution in [3.05, 3.63) is 17.0 Å². The molecule has 0 amide bonds. The first-order valence-electron chi connectivity index (χ1n) is 6.05. The zero-order valence-corrected chi connectivity index (χ0v) is 11.3. The Morgan fingerprint density at radius 3 is 3.12 bits per heavy atom. The van der Waals surface area contributed by atoms with Crippen molar-refractivity contribution in [2.45, 2.75) is 45.1 Å². The van der Waals surface area contributed by atoms with Gasteiger partial charge in [-0.15, -0.1) is 0 Å². The second kappa shape index (κ2) is 5.62. The summed E-state index contributed by atoms with van der Waals surface area (Å²) in [4.78, 5) is 10.9. The van der Waals surface area contributed by atoms with Crippen LogP contribution >= 0.6 is 15.9 Å². The fourth-order valence-corrected chi connectivity index (χ4v) is 2.88. The van der Waals surface area contributed by atoms with Gasteiger partial charge in [0.1, 0.15) is 12.1 Å². The Bertz CT molecular complexity index is 341. The summed E-state index contributed by atoms with van der Waals surface area (Å²) >= 11 is 3.54. The van der Waals surface area contributed by atoms with E-state index in [-0.39, 0.29) is 0 Å². The summed E-state index contributed by atoms with van der Waals surface area (Å²) in [7, 11) is 0. The average Bonchev–Trinajstić information content (AvgIpc) is 2.31. The first kappa shape index (κ1) is 11.8. The predicted molar refractivity (Wildman–Crippen MR) is 69.6 cm³/mol. The Labute approximate surface area is 105 Å². The summed E-state index contributed by atoms with van der Waals surface area (Å²) < 4.78 is 1.01. The minimum absolute atomic E-state index is 0.657. The third-order valence-electron chi connectivity index (χ3n) is 3.17. The van der Waals surface area contributed by atoms with E-state index < -0.39 is 0 Å². The van der Waals surface area contributed by atoms with Crippen molar-refractivity contribution < 1.29 is 0 Å². The van der Waals surface area contributed by atoms with Crippen LogP contribution in [0.2, 0.25) is 0 Å². The van der Waals surface area contributed by atoms with Crippen molar-refractivity contribution in [1.29, 1.82) is 0 Å². The Balaban J connectivity index is 2.19. The molecule has 0 spiro atoms. The number of piperidine rings is 1. The lowest BCUT2D eigenvalue weighted by Gasteiger charge is -2.37. The average molecular weight is 284 g/mol. The predicted octanol–water partition coefficient (Wildman–Crippen LogP) is 3.40.